The molecular formula is C26H19NO4. The normalized spacial score (nSPS) is 11.1. The average molecular weight is 409 g/mol. The number of hydrogen-bond donors (Lipinski definition) is 1. The molecule has 0 aliphatic carbocycles. The van der Waals surface area contributed by atoms with Crippen LogP contribution in [0.15, 0.2) is 87.9 Å². The molecule has 3 aromatic carbocycles. The van der Waals surface area contributed by atoms with Crippen molar-refractivity contribution in [3.63, 3.8) is 0 Å². The second kappa shape index (κ2) is 7.61. The van der Waals surface area contributed by atoms with Crippen molar-refractivity contribution in [3.8, 4) is 0 Å². The van der Waals surface area contributed by atoms with Gasteiger partial charge in [0, 0.05) is 21.9 Å². The quantitative estimate of drug-likeness (QED) is 0.367. The predicted octanol–water partition coefficient (Wildman–Crippen LogP) is 5.90. The Balaban J connectivity index is 1.50. The second-order valence-corrected chi connectivity index (χ2v) is 7.48. The standard InChI is InChI=1S/C26H19NO4/c1-16-11-12-21-20(13-16)18(15-30-21)14-23(28)27-24-19-9-5-6-10-22(19)31-26(24)25(29)17-7-3-2-4-8-17/h2-13,15H,14H2,1H3,(H,27,28). The molecule has 5 heteroatoms. The van der Waals surface area contributed by atoms with Crippen LogP contribution in [0.2, 0.25) is 0 Å². The number of aryl methyl sites for hydroxylation is 1. The number of hydrogen-bond acceptors (Lipinski definition) is 4. The minimum atomic E-state index is -0.281. The number of amides is 1. The number of para-hydroxylation sites is 1. The number of benzene rings is 3. The molecule has 2 heterocycles. The maximum Gasteiger partial charge on any atom is 0.230 e. The van der Waals surface area contributed by atoms with Gasteiger partial charge in [-0.05, 0) is 31.2 Å². The van der Waals surface area contributed by atoms with E-state index >= 15 is 0 Å². The first-order valence-electron chi connectivity index (χ1n) is 9.98. The number of ketones is 1. The van der Waals surface area contributed by atoms with Gasteiger partial charge in [-0.25, -0.2) is 0 Å². The molecule has 5 aromatic rings. The van der Waals surface area contributed by atoms with Gasteiger partial charge in [-0.1, -0.05) is 54.1 Å². The zero-order chi connectivity index (χ0) is 21.4. The molecule has 5 rings (SSSR count). The van der Waals surface area contributed by atoms with Crippen LogP contribution in [0.25, 0.3) is 21.9 Å². The van der Waals surface area contributed by atoms with Gasteiger partial charge in [-0.2, -0.15) is 0 Å². The van der Waals surface area contributed by atoms with Crippen molar-refractivity contribution in [2.45, 2.75) is 13.3 Å². The van der Waals surface area contributed by atoms with Crippen molar-refractivity contribution in [1.29, 1.82) is 0 Å². The summed E-state index contributed by atoms with van der Waals surface area (Å²) in [5, 5.41) is 4.50. The van der Waals surface area contributed by atoms with Gasteiger partial charge in [0.1, 0.15) is 11.2 Å². The van der Waals surface area contributed by atoms with Crippen LogP contribution in [-0.2, 0) is 11.2 Å². The van der Waals surface area contributed by atoms with Gasteiger partial charge in [0.25, 0.3) is 0 Å². The summed E-state index contributed by atoms with van der Waals surface area (Å²) in [6, 6.07) is 22.0. The van der Waals surface area contributed by atoms with Crippen molar-refractivity contribution in [1.82, 2.24) is 0 Å². The lowest BCUT2D eigenvalue weighted by molar-refractivity contribution is -0.115. The van der Waals surface area contributed by atoms with Gasteiger partial charge in [0.2, 0.25) is 11.7 Å². The molecule has 1 amide bonds. The SMILES string of the molecule is Cc1ccc2occ(CC(=O)Nc3c(C(=O)c4ccccc4)oc4ccccc34)c2c1. The molecule has 0 fully saturated rings. The number of carbonyl (C=O) groups is 2. The first-order valence-corrected chi connectivity index (χ1v) is 9.98. The second-order valence-electron chi connectivity index (χ2n) is 7.48. The third kappa shape index (κ3) is 3.51. The fourth-order valence-electron chi connectivity index (χ4n) is 3.74. The maximum atomic E-state index is 13.1. The molecule has 1 N–H and O–H groups in total. The van der Waals surface area contributed by atoms with Gasteiger partial charge >= 0.3 is 0 Å². The summed E-state index contributed by atoms with van der Waals surface area (Å²) in [6.45, 7) is 2.00. The van der Waals surface area contributed by atoms with E-state index in [2.05, 4.69) is 5.32 Å². The maximum absolute atomic E-state index is 13.1. The summed E-state index contributed by atoms with van der Waals surface area (Å²) < 4.78 is 11.4. The molecule has 0 spiro atoms. The highest BCUT2D eigenvalue weighted by atomic mass is 16.3. The van der Waals surface area contributed by atoms with Crippen LogP contribution in [0.1, 0.15) is 27.2 Å². The van der Waals surface area contributed by atoms with Crippen molar-refractivity contribution >= 4 is 39.3 Å². The monoisotopic (exact) mass is 409 g/mol. The van der Waals surface area contributed by atoms with Gasteiger partial charge in [-0.15, -0.1) is 0 Å². The molecule has 2 aromatic heterocycles. The summed E-state index contributed by atoms with van der Waals surface area (Å²) >= 11 is 0. The molecule has 0 aliphatic heterocycles. The number of rotatable bonds is 5. The lowest BCUT2D eigenvalue weighted by atomic mass is 10.1. The Morgan fingerprint density at radius 2 is 1.65 bits per heavy atom. The Morgan fingerprint density at radius 3 is 2.48 bits per heavy atom. The summed E-state index contributed by atoms with van der Waals surface area (Å²) in [4.78, 5) is 26.0. The highest BCUT2D eigenvalue weighted by Gasteiger charge is 2.23. The van der Waals surface area contributed by atoms with Gasteiger partial charge < -0.3 is 14.2 Å². The molecule has 0 unspecified atom stereocenters. The van der Waals surface area contributed by atoms with Crippen molar-refractivity contribution in [3.05, 3.63) is 102 Å². The molecular weight excluding hydrogens is 390 g/mol. The Labute approximate surface area is 178 Å². The van der Waals surface area contributed by atoms with Crippen LogP contribution < -0.4 is 5.32 Å². The molecule has 0 aliphatic rings. The Hall–Kier alpha value is -4.12. The van der Waals surface area contributed by atoms with Crippen LogP contribution in [0, 0.1) is 6.92 Å². The molecule has 0 atom stereocenters. The first kappa shape index (κ1) is 18.9. The van der Waals surface area contributed by atoms with E-state index in [1.165, 1.54) is 0 Å². The number of anilines is 1. The highest BCUT2D eigenvalue weighted by Crippen LogP contribution is 2.33. The lowest BCUT2D eigenvalue weighted by Gasteiger charge is -2.06. The van der Waals surface area contributed by atoms with Crippen molar-refractivity contribution in [2.75, 3.05) is 5.32 Å². The van der Waals surface area contributed by atoms with E-state index in [0.717, 1.165) is 22.1 Å². The third-order valence-corrected chi connectivity index (χ3v) is 5.26. The number of fused-ring (bicyclic) bond motifs is 2. The summed E-state index contributed by atoms with van der Waals surface area (Å²) in [6.07, 6.45) is 1.72. The zero-order valence-corrected chi connectivity index (χ0v) is 16.8. The fourth-order valence-corrected chi connectivity index (χ4v) is 3.74. The van der Waals surface area contributed by atoms with Crippen LogP contribution >= 0.6 is 0 Å². The smallest absolute Gasteiger partial charge is 0.230 e. The summed E-state index contributed by atoms with van der Waals surface area (Å²) in [5.74, 6) is -0.414. The Bertz CT molecular complexity index is 1430. The van der Waals surface area contributed by atoms with Crippen LogP contribution in [0.5, 0.6) is 0 Å². The minimum Gasteiger partial charge on any atom is -0.464 e. The van der Waals surface area contributed by atoms with E-state index in [9.17, 15) is 9.59 Å². The van der Waals surface area contributed by atoms with Gasteiger partial charge in [0.15, 0.2) is 5.76 Å². The third-order valence-electron chi connectivity index (χ3n) is 5.26. The average Bonchev–Trinajstić information content (AvgIpc) is 3.35. The van der Waals surface area contributed by atoms with Crippen LogP contribution in [-0.4, -0.2) is 11.7 Å². The fraction of sp³-hybridized carbons (Fsp3) is 0.0769. The molecule has 152 valence electrons. The molecule has 0 saturated carbocycles. The van der Waals surface area contributed by atoms with Crippen molar-refractivity contribution in [2.24, 2.45) is 0 Å². The van der Waals surface area contributed by atoms with Gasteiger partial charge in [-0.3, -0.25) is 9.59 Å². The van der Waals surface area contributed by atoms with E-state index in [1.54, 1.807) is 36.6 Å². The number of nitrogens with one attached hydrogen (secondary N) is 1. The number of carbonyl (C=O) groups excluding carboxylic acids is 2. The van der Waals surface area contributed by atoms with Crippen molar-refractivity contribution < 1.29 is 18.4 Å². The zero-order valence-electron chi connectivity index (χ0n) is 16.8. The Kier molecular flexibility index (Phi) is 4.64. The molecule has 31 heavy (non-hydrogen) atoms. The summed E-state index contributed by atoms with van der Waals surface area (Å²) in [5.41, 5.74) is 4.04. The Morgan fingerprint density at radius 1 is 0.871 bits per heavy atom. The van der Waals surface area contributed by atoms with Crippen LogP contribution in [0.3, 0.4) is 0 Å². The number of furan rings is 2. The van der Waals surface area contributed by atoms with E-state index < -0.39 is 0 Å². The van der Waals surface area contributed by atoms with E-state index in [4.69, 9.17) is 8.83 Å². The summed E-state index contributed by atoms with van der Waals surface area (Å²) in [7, 11) is 0. The van der Waals surface area contributed by atoms with E-state index in [-0.39, 0.29) is 23.9 Å². The molecule has 5 nitrogen and oxygen atoms in total. The van der Waals surface area contributed by atoms with Gasteiger partial charge in [0.05, 0.1) is 18.4 Å². The molecule has 0 bridgehead atoms. The first-order chi connectivity index (χ1) is 15.1. The molecule has 0 radical (unpaired) electrons. The lowest BCUT2D eigenvalue weighted by Crippen LogP contribution is -2.16. The molecule has 0 saturated heterocycles. The predicted molar refractivity (Wildman–Crippen MR) is 119 cm³/mol. The van der Waals surface area contributed by atoms with Crippen LogP contribution in [0.4, 0.5) is 5.69 Å². The van der Waals surface area contributed by atoms with E-state index in [1.807, 2.05) is 49.4 Å². The highest BCUT2D eigenvalue weighted by molar-refractivity contribution is 6.17. The largest absolute Gasteiger partial charge is 0.464 e. The van der Waals surface area contributed by atoms with E-state index in [0.29, 0.717) is 22.2 Å². The topological polar surface area (TPSA) is 72.5 Å². The minimum absolute atomic E-state index is 0.119.